The fourth-order valence-electron chi connectivity index (χ4n) is 1.14. The molecule has 0 bridgehead atoms. The van der Waals surface area contributed by atoms with Crippen LogP contribution in [0.25, 0.3) is 0 Å². The highest BCUT2D eigenvalue weighted by Crippen LogP contribution is 2.12. The van der Waals surface area contributed by atoms with E-state index in [0.29, 0.717) is 0 Å². The Morgan fingerprint density at radius 3 is 2.74 bits per heavy atom. The van der Waals surface area contributed by atoms with Crippen molar-refractivity contribution in [3.8, 4) is 0 Å². The number of aromatic amines is 1. The minimum atomic E-state index is -3.84. The summed E-state index contributed by atoms with van der Waals surface area (Å²) in [5, 5.41) is 23.0. The molecule has 0 saturated carbocycles. The van der Waals surface area contributed by atoms with Crippen LogP contribution >= 0.6 is 0 Å². The molecule has 0 saturated heterocycles. The number of nitro groups is 1. The van der Waals surface area contributed by atoms with Crippen LogP contribution in [0.4, 0.5) is 5.82 Å². The highest BCUT2D eigenvalue weighted by atomic mass is 32.2. The van der Waals surface area contributed by atoms with Gasteiger partial charge in [0.2, 0.25) is 10.0 Å². The Balaban J connectivity index is 2.13. The molecule has 0 aliphatic carbocycles. The van der Waals surface area contributed by atoms with E-state index in [4.69, 9.17) is 0 Å². The van der Waals surface area contributed by atoms with Gasteiger partial charge < -0.3 is 10.1 Å². The monoisotopic (exact) mass is 285 g/mol. The Morgan fingerprint density at radius 1 is 1.42 bits per heavy atom. The zero-order chi connectivity index (χ0) is 13.9. The van der Waals surface area contributed by atoms with Crippen LogP contribution in [0.5, 0.6) is 0 Å². The van der Waals surface area contributed by atoms with Gasteiger partial charge in [-0.25, -0.2) is 13.1 Å². The molecule has 0 unspecified atom stereocenters. The van der Waals surface area contributed by atoms with Crippen LogP contribution in [0.3, 0.4) is 0 Å². The normalized spacial score (nSPS) is 11.4. The van der Waals surface area contributed by atoms with E-state index in [1.54, 1.807) is 0 Å². The van der Waals surface area contributed by atoms with Crippen LogP contribution in [0.1, 0.15) is 5.82 Å². The molecule has 0 aromatic carbocycles. The SMILES string of the molecule is O=[N+]([O-])c1ccc(S(=O)(=O)NCc2nn[nH]n2)cn1. The standard InChI is InChI=1S/C7H7N7O4S/c15-14(16)7-2-1-5(3-8-7)19(17,18)9-4-6-10-12-13-11-6/h1-3,9H,4H2,(H,10,11,12,13). The summed E-state index contributed by atoms with van der Waals surface area (Å²) in [5.41, 5.74) is 0. The number of tetrazole rings is 1. The number of hydrogen-bond donors (Lipinski definition) is 2. The predicted octanol–water partition coefficient (Wildman–Crippen LogP) is -1.02. The van der Waals surface area contributed by atoms with Crippen LogP contribution in [-0.2, 0) is 16.6 Å². The molecule has 2 heterocycles. The van der Waals surface area contributed by atoms with Gasteiger partial charge in [-0.3, -0.25) is 0 Å². The highest BCUT2D eigenvalue weighted by molar-refractivity contribution is 7.89. The molecular weight excluding hydrogens is 278 g/mol. The fraction of sp³-hybridized carbons (Fsp3) is 0.143. The van der Waals surface area contributed by atoms with E-state index in [9.17, 15) is 18.5 Å². The molecule has 11 nitrogen and oxygen atoms in total. The number of nitrogens with zero attached hydrogens (tertiary/aromatic N) is 5. The Kier molecular flexibility index (Phi) is 3.43. The second kappa shape index (κ2) is 5.03. The van der Waals surface area contributed by atoms with Crippen molar-refractivity contribution in [3.05, 3.63) is 34.3 Å². The van der Waals surface area contributed by atoms with Gasteiger partial charge in [0.25, 0.3) is 0 Å². The van der Waals surface area contributed by atoms with Crippen molar-refractivity contribution in [2.24, 2.45) is 0 Å². The molecular formula is C7H7N7O4S. The zero-order valence-corrected chi connectivity index (χ0v) is 10.0. The van der Waals surface area contributed by atoms with Gasteiger partial charge in [0.1, 0.15) is 4.90 Å². The van der Waals surface area contributed by atoms with E-state index in [1.807, 2.05) is 0 Å². The molecule has 0 aliphatic rings. The fourth-order valence-corrected chi connectivity index (χ4v) is 2.06. The molecule has 0 atom stereocenters. The number of aromatic nitrogens is 5. The van der Waals surface area contributed by atoms with Gasteiger partial charge in [-0.15, -0.1) is 10.2 Å². The molecule has 19 heavy (non-hydrogen) atoms. The van der Waals surface area contributed by atoms with E-state index in [-0.39, 0.29) is 17.3 Å². The first-order valence-electron chi connectivity index (χ1n) is 4.81. The lowest BCUT2D eigenvalue weighted by Gasteiger charge is -2.02. The van der Waals surface area contributed by atoms with Gasteiger partial charge >= 0.3 is 5.82 Å². The number of pyridine rings is 1. The third-order valence-corrected chi connectivity index (χ3v) is 3.41. The molecule has 2 aromatic heterocycles. The van der Waals surface area contributed by atoms with Gasteiger partial charge in [0, 0.05) is 6.07 Å². The second-order valence-electron chi connectivity index (χ2n) is 3.26. The van der Waals surface area contributed by atoms with Crippen molar-refractivity contribution in [3.63, 3.8) is 0 Å². The third kappa shape index (κ3) is 3.05. The van der Waals surface area contributed by atoms with Gasteiger partial charge in [-0.2, -0.15) is 5.21 Å². The third-order valence-electron chi connectivity index (χ3n) is 2.03. The first kappa shape index (κ1) is 13.0. The molecule has 0 radical (unpaired) electrons. The summed E-state index contributed by atoms with van der Waals surface area (Å²) < 4.78 is 25.8. The molecule has 2 rings (SSSR count). The van der Waals surface area contributed by atoms with Crippen molar-refractivity contribution in [2.75, 3.05) is 0 Å². The first-order valence-corrected chi connectivity index (χ1v) is 6.30. The van der Waals surface area contributed by atoms with Crippen molar-refractivity contribution in [1.82, 2.24) is 30.3 Å². The molecule has 100 valence electrons. The largest absolute Gasteiger partial charge is 0.363 e. The maximum absolute atomic E-state index is 11.8. The Hall–Kier alpha value is -2.47. The van der Waals surface area contributed by atoms with E-state index in [2.05, 4.69) is 30.3 Å². The number of hydrogen-bond acceptors (Lipinski definition) is 8. The summed E-state index contributed by atoms with van der Waals surface area (Å²) in [6.07, 6.45) is 0.899. The molecule has 0 aliphatic heterocycles. The Bertz CT molecular complexity index is 666. The molecule has 0 amide bonds. The summed E-state index contributed by atoms with van der Waals surface area (Å²) in [7, 11) is -3.84. The minimum Gasteiger partial charge on any atom is -0.358 e. The maximum Gasteiger partial charge on any atom is 0.363 e. The van der Waals surface area contributed by atoms with Crippen molar-refractivity contribution >= 4 is 15.8 Å². The van der Waals surface area contributed by atoms with Crippen LogP contribution in [-0.4, -0.2) is 38.9 Å². The average molecular weight is 285 g/mol. The highest BCUT2D eigenvalue weighted by Gasteiger charge is 2.18. The lowest BCUT2D eigenvalue weighted by molar-refractivity contribution is -0.389. The van der Waals surface area contributed by atoms with Crippen molar-refractivity contribution in [1.29, 1.82) is 0 Å². The average Bonchev–Trinajstić information content (AvgIpc) is 2.90. The number of nitrogens with one attached hydrogen (secondary N) is 2. The van der Waals surface area contributed by atoms with Gasteiger partial charge in [-0.05, 0) is 16.0 Å². The maximum atomic E-state index is 11.8. The van der Waals surface area contributed by atoms with Crippen LogP contribution < -0.4 is 4.72 Å². The van der Waals surface area contributed by atoms with Gasteiger partial charge in [0.15, 0.2) is 12.0 Å². The molecule has 0 spiro atoms. The van der Waals surface area contributed by atoms with Gasteiger partial charge in [-0.1, -0.05) is 5.21 Å². The summed E-state index contributed by atoms with van der Waals surface area (Å²) >= 11 is 0. The second-order valence-corrected chi connectivity index (χ2v) is 5.03. The Morgan fingerprint density at radius 2 is 2.21 bits per heavy atom. The minimum absolute atomic E-state index is 0.157. The number of sulfonamides is 1. The molecule has 2 N–H and O–H groups in total. The van der Waals surface area contributed by atoms with E-state index < -0.39 is 20.8 Å². The first-order chi connectivity index (χ1) is 8.99. The zero-order valence-electron chi connectivity index (χ0n) is 9.22. The van der Waals surface area contributed by atoms with Crippen molar-refractivity contribution < 1.29 is 13.3 Å². The van der Waals surface area contributed by atoms with Crippen LogP contribution in [0.15, 0.2) is 23.2 Å². The summed E-state index contributed by atoms with van der Waals surface area (Å²) in [5.74, 6) is -0.268. The lowest BCUT2D eigenvalue weighted by atomic mass is 10.5. The van der Waals surface area contributed by atoms with Crippen LogP contribution in [0, 0.1) is 10.1 Å². The van der Waals surface area contributed by atoms with E-state index in [1.165, 1.54) is 0 Å². The number of rotatable bonds is 5. The lowest BCUT2D eigenvalue weighted by Crippen LogP contribution is -2.24. The summed E-state index contributed by atoms with van der Waals surface area (Å²) in [4.78, 5) is 12.9. The predicted molar refractivity (Wildman–Crippen MR) is 59.1 cm³/mol. The quantitative estimate of drug-likeness (QED) is 0.522. The van der Waals surface area contributed by atoms with E-state index in [0.717, 1.165) is 18.3 Å². The molecule has 2 aromatic rings. The van der Waals surface area contributed by atoms with Gasteiger partial charge in [0.05, 0.1) is 6.54 Å². The molecule has 0 fully saturated rings. The summed E-state index contributed by atoms with van der Waals surface area (Å²) in [6, 6.07) is 2.09. The topological polar surface area (TPSA) is 157 Å². The Labute approximate surface area is 106 Å². The summed E-state index contributed by atoms with van der Waals surface area (Å²) in [6.45, 7) is -0.157. The smallest absolute Gasteiger partial charge is 0.358 e. The van der Waals surface area contributed by atoms with Crippen LogP contribution in [0.2, 0.25) is 0 Å². The van der Waals surface area contributed by atoms with E-state index >= 15 is 0 Å². The van der Waals surface area contributed by atoms with Crippen molar-refractivity contribution in [2.45, 2.75) is 11.4 Å². The molecule has 12 heteroatoms. The number of H-pyrrole nitrogens is 1.